The topological polar surface area (TPSA) is 101 Å². The third kappa shape index (κ3) is 5.56. The van der Waals surface area contributed by atoms with Crippen molar-refractivity contribution in [2.45, 2.75) is 51.5 Å². The number of rotatable bonds is 8. The average Bonchev–Trinajstić information content (AvgIpc) is 3.15. The van der Waals surface area contributed by atoms with Crippen LogP contribution in [0.1, 0.15) is 50.6 Å². The number of nitrogens with one attached hydrogen (secondary N) is 1. The molecule has 0 bridgehead atoms. The van der Waals surface area contributed by atoms with Gasteiger partial charge in [0, 0.05) is 30.4 Å². The third-order valence-corrected chi connectivity index (χ3v) is 6.46. The molecule has 0 spiro atoms. The lowest BCUT2D eigenvalue weighted by molar-refractivity contribution is 0.201. The zero-order chi connectivity index (χ0) is 23.5. The minimum Gasteiger partial charge on any atom is -0.464 e. The van der Waals surface area contributed by atoms with Crippen LogP contribution in [0.5, 0.6) is 0 Å². The Balaban J connectivity index is 1.99. The Kier molecular flexibility index (Phi) is 7.03. The SMILES string of the molecule is CC(C)Cc1ccc(S(=O)(=O)NC(=O)O)c(-c2ccc(Cn3ccnc3C(C)C)cc2)c1. The van der Waals surface area contributed by atoms with Crippen LogP contribution in [0.25, 0.3) is 11.1 Å². The van der Waals surface area contributed by atoms with Crippen molar-refractivity contribution in [3.63, 3.8) is 0 Å². The number of sulfonamides is 1. The molecule has 0 fully saturated rings. The number of nitrogens with zero attached hydrogens (tertiary/aromatic N) is 2. The van der Waals surface area contributed by atoms with E-state index in [-0.39, 0.29) is 4.90 Å². The van der Waals surface area contributed by atoms with E-state index in [4.69, 9.17) is 5.11 Å². The van der Waals surface area contributed by atoms with E-state index >= 15 is 0 Å². The van der Waals surface area contributed by atoms with Crippen LogP contribution in [0.2, 0.25) is 0 Å². The van der Waals surface area contributed by atoms with Crippen LogP contribution in [-0.2, 0) is 23.0 Å². The fourth-order valence-electron chi connectivity index (χ4n) is 3.75. The number of hydrogen-bond acceptors (Lipinski definition) is 4. The average molecular weight is 456 g/mol. The zero-order valence-electron chi connectivity index (χ0n) is 18.7. The van der Waals surface area contributed by atoms with Crippen LogP contribution in [0.3, 0.4) is 0 Å². The first-order chi connectivity index (χ1) is 15.1. The van der Waals surface area contributed by atoms with Gasteiger partial charge in [0.1, 0.15) is 5.82 Å². The molecule has 0 aliphatic carbocycles. The van der Waals surface area contributed by atoms with Crippen LogP contribution in [0.4, 0.5) is 4.79 Å². The Morgan fingerprint density at radius 1 is 1.06 bits per heavy atom. The first-order valence-electron chi connectivity index (χ1n) is 10.6. The fraction of sp³-hybridized carbons (Fsp3) is 0.333. The lowest BCUT2D eigenvalue weighted by Gasteiger charge is -2.15. The number of carbonyl (C=O) groups is 1. The quantitative estimate of drug-likeness (QED) is 0.504. The maximum atomic E-state index is 12.6. The molecule has 170 valence electrons. The van der Waals surface area contributed by atoms with Crippen LogP contribution in [-0.4, -0.2) is 29.2 Å². The standard InChI is InChI=1S/C24H29N3O4S/c1-16(2)13-19-7-10-22(32(30,31)26-24(28)29)21(14-19)20-8-5-18(6-9-20)15-27-12-11-25-23(27)17(3)4/h5-12,14,16-17,26H,13,15H2,1-4H3,(H,28,29). The summed E-state index contributed by atoms with van der Waals surface area (Å²) >= 11 is 0. The third-order valence-electron chi connectivity index (χ3n) is 5.08. The number of benzene rings is 2. The summed E-state index contributed by atoms with van der Waals surface area (Å²) in [5.74, 6) is 1.71. The predicted octanol–water partition coefficient (Wildman–Crippen LogP) is 4.88. The first-order valence-corrected chi connectivity index (χ1v) is 12.0. The molecule has 2 N–H and O–H groups in total. The molecule has 1 aromatic heterocycles. The van der Waals surface area contributed by atoms with E-state index in [0.29, 0.717) is 29.5 Å². The van der Waals surface area contributed by atoms with Gasteiger partial charge in [-0.1, -0.05) is 58.0 Å². The lowest BCUT2D eigenvalue weighted by atomic mass is 9.97. The first kappa shape index (κ1) is 23.5. The molecular weight excluding hydrogens is 426 g/mol. The van der Waals surface area contributed by atoms with Crippen molar-refractivity contribution in [1.82, 2.24) is 14.3 Å². The molecule has 3 rings (SSSR count). The zero-order valence-corrected chi connectivity index (χ0v) is 19.6. The highest BCUT2D eigenvalue weighted by molar-refractivity contribution is 7.90. The molecule has 7 nitrogen and oxygen atoms in total. The number of aromatic nitrogens is 2. The highest BCUT2D eigenvalue weighted by atomic mass is 32.2. The monoisotopic (exact) mass is 455 g/mol. The maximum absolute atomic E-state index is 12.6. The van der Waals surface area contributed by atoms with E-state index in [2.05, 4.69) is 37.2 Å². The van der Waals surface area contributed by atoms with E-state index in [9.17, 15) is 13.2 Å². The van der Waals surface area contributed by atoms with Crippen LogP contribution in [0.15, 0.2) is 59.8 Å². The van der Waals surface area contributed by atoms with E-state index in [1.54, 1.807) is 17.0 Å². The number of hydrogen-bond donors (Lipinski definition) is 2. The molecule has 2 aromatic carbocycles. The van der Waals surface area contributed by atoms with Gasteiger partial charge in [0.2, 0.25) is 0 Å². The van der Waals surface area contributed by atoms with Gasteiger partial charge >= 0.3 is 6.09 Å². The van der Waals surface area contributed by atoms with Crippen molar-refractivity contribution in [1.29, 1.82) is 0 Å². The van der Waals surface area contributed by atoms with Crippen molar-refractivity contribution in [2.75, 3.05) is 0 Å². The Bertz CT molecular complexity index is 1200. The normalized spacial score (nSPS) is 11.8. The molecule has 8 heteroatoms. The molecule has 0 saturated heterocycles. The summed E-state index contributed by atoms with van der Waals surface area (Å²) < 4.78 is 29.0. The smallest absolute Gasteiger partial charge is 0.418 e. The number of carboxylic acid groups (broad SMARTS) is 1. The van der Waals surface area contributed by atoms with E-state index in [1.807, 2.05) is 36.5 Å². The summed E-state index contributed by atoms with van der Waals surface area (Å²) in [6.45, 7) is 9.03. The molecule has 0 atom stereocenters. The van der Waals surface area contributed by atoms with Gasteiger partial charge in [-0.25, -0.2) is 22.9 Å². The van der Waals surface area contributed by atoms with Crippen LogP contribution < -0.4 is 4.72 Å². The van der Waals surface area contributed by atoms with E-state index in [0.717, 1.165) is 23.4 Å². The Labute approximate surface area is 189 Å². The van der Waals surface area contributed by atoms with Gasteiger partial charge in [-0.3, -0.25) is 0 Å². The van der Waals surface area contributed by atoms with Crippen molar-refractivity contribution in [3.8, 4) is 11.1 Å². The van der Waals surface area contributed by atoms with Gasteiger partial charge in [0.15, 0.2) is 0 Å². The Morgan fingerprint density at radius 2 is 1.72 bits per heavy atom. The molecule has 0 radical (unpaired) electrons. The summed E-state index contributed by atoms with van der Waals surface area (Å²) in [4.78, 5) is 15.4. The fourth-order valence-corrected chi connectivity index (χ4v) is 4.80. The Hall–Kier alpha value is -3.13. The second-order valence-electron chi connectivity index (χ2n) is 8.60. The highest BCUT2D eigenvalue weighted by Gasteiger charge is 2.22. The molecule has 1 heterocycles. The van der Waals surface area contributed by atoms with Gasteiger partial charge in [0.25, 0.3) is 10.0 Å². The lowest BCUT2D eigenvalue weighted by Crippen LogP contribution is -2.29. The highest BCUT2D eigenvalue weighted by Crippen LogP contribution is 2.30. The predicted molar refractivity (Wildman–Crippen MR) is 124 cm³/mol. The molecule has 0 unspecified atom stereocenters. The molecule has 0 aliphatic heterocycles. The van der Waals surface area contributed by atoms with Crippen molar-refractivity contribution in [2.24, 2.45) is 5.92 Å². The minimum atomic E-state index is -4.21. The summed E-state index contributed by atoms with van der Waals surface area (Å²) in [6, 6.07) is 12.7. The maximum Gasteiger partial charge on any atom is 0.418 e. The molecule has 0 saturated carbocycles. The molecular formula is C24H29N3O4S. The summed E-state index contributed by atoms with van der Waals surface area (Å²) in [5.41, 5.74) is 3.24. The van der Waals surface area contributed by atoms with Gasteiger partial charge in [-0.05, 0) is 41.2 Å². The summed E-state index contributed by atoms with van der Waals surface area (Å²) in [7, 11) is -4.21. The molecule has 0 aliphatic rings. The minimum absolute atomic E-state index is 0.0585. The number of amides is 1. The van der Waals surface area contributed by atoms with E-state index < -0.39 is 16.1 Å². The summed E-state index contributed by atoms with van der Waals surface area (Å²) in [6.07, 6.45) is 2.91. The van der Waals surface area contributed by atoms with Gasteiger partial charge in [-0.2, -0.15) is 0 Å². The van der Waals surface area contributed by atoms with Crippen molar-refractivity contribution >= 4 is 16.1 Å². The molecule has 32 heavy (non-hydrogen) atoms. The summed E-state index contributed by atoms with van der Waals surface area (Å²) in [5, 5.41) is 8.97. The van der Waals surface area contributed by atoms with Gasteiger partial charge < -0.3 is 9.67 Å². The van der Waals surface area contributed by atoms with Gasteiger partial charge in [-0.15, -0.1) is 0 Å². The van der Waals surface area contributed by atoms with Crippen LogP contribution in [0, 0.1) is 5.92 Å². The van der Waals surface area contributed by atoms with Crippen molar-refractivity contribution in [3.05, 3.63) is 71.8 Å². The molecule has 1 amide bonds. The van der Waals surface area contributed by atoms with E-state index in [1.165, 1.54) is 6.07 Å². The molecule has 3 aromatic rings. The van der Waals surface area contributed by atoms with Gasteiger partial charge in [0.05, 0.1) is 4.90 Å². The van der Waals surface area contributed by atoms with Crippen LogP contribution >= 0.6 is 0 Å². The van der Waals surface area contributed by atoms with Crippen molar-refractivity contribution < 1.29 is 18.3 Å². The largest absolute Gasteiger partial charge is 0.464 e. The number of imidazole rings is 1. The Morgan fingerprint density at radius 3 is 2.31 bits per heavy atom. The second-order valence-corrected chi connectivity index (χ2v) is 10.3. The second kappa shape index (κ2) is 9.56.